The average Bonchev–Trinajstić information content (AvgIpc) is 3.08. The van der Waals surface area contributed by atoms with Gasteiger partial charge in [-0.25, -0.2) is 14.4 Å². The molecule has 0 saturated carbocycles. The lowest BCUT2D eigenvalue weighted by molar-refractivity contribution is -0.919. The Morgan fingerprint density at radius 2 is 0.962 bits per heavy atom. The van der Waals surface area contributed by atoms with Crippen molar-refractivity contribution < 1.29 is 59.7 Å². The van der Waals surface area contributed by atoms with Gasteiger partial charge in [0.25, 0.3) is 0 Å². The molecule has 10 nitrogen and oxygen atoms in total. The van der Waals surface area contributed by atoms with Gasteiger partial charge in [0.15, 0.2) is 6.10 Å². The number of hydrogen-bond donors (Lipinski definition) is 0. The van der Waals surface area contributed by atoms with Crippen LogP contribution in [0.25, 0.3) is 0 Å². The van der Waals surface area contributed by atoms with Gasteiger partial charge in [-0.2, -0.15) is 0 Å². The highest BCUT2D eigenvalue weighted by molar-refractivity contribution is 5.87. The predicted octanol–water partition coefficient (Wildman–Crippen LogP) is 5.08. The number of rotatable bonds is 35. The number of halogens is 1. The molecule has 0 amide bonds. The van der Waals surface area contributed by atoms with E-state index in [0.717, 1.165) is 62.4 Å². The minimum absolute atomic E-state index is 0. The van der Waals surface area contributed by atoms with Crippen molar-refractivity contribution in [1.29, 1.82) is 0 Å². The lowest BCUT2D eigenvalue weighted by Gasteiger charge is -2.42. The molecule has 0 aliphatic carbocycles. The maximum absolute atomic E-state index is 12.8. The highest BCUT2D eigenvalue weighted by atomic mass is 35.5. The second-order valence-corrected chi connectivity index (χ2v) is 14.3. The molecule has 11 heteroatoms. The first-order valence-corrected chi connectivity index (χ1v) is 19.4. The van der Waals surface area contributed by atoms with Gasteiger partial charge in [0.05, 0.1) is 66.9 Å². The number of esters is 3. The Balaban J connectivity index is 0. The maximum Gasteiger partial charge on any atom is 0.333 e. The number of carbonyl (C=O) groups is 3. The standard InChI is InChI=1S/C41H74NO9.ClH/c1-10-11-12-13-19-22-25-42(8,9)37(24-21-18-16-14-15-17-20-23-26-49-39(43)34(2)3)38(51-41(45)36(6)7)33-48-30-29-46-27-28-47-31-32-50-40(44)35(4)5;/h37-38H,2,4,6,10-33H2,1,3,5,7-9H3;1H/q+1;/p-1. The minimum atomic E-state index is -0.425. The van der Waals surface area contributed by atoms with Crippen LogP contribution in [0.2, 0.25) is 0 Å². The summed E-state index contributed by atoms with van der Waals surface area (Å²) in [5.74, 6) is -1.12. The van der Waals surface area contributed by atoms with Crippen LogP contribution in [0.5, 0.6) is 0 Å². The lowest BCUT2D eigenvalue weighted by atomic mass is 9.98. The Labute approximate surface area is 323 Å². The fourth-order valence-electron chi connectivity index (χ4n) is 5.67. The Hall–Kier alpha value is -2.24. The summed E-state index contributed by atoms with van der Waals surface area (Å²) in [6.45, 7) is 21.9. The van der Waals surface area contributed by atoms with Gasteiger partial charge in [0.2, 0.25) is 0 Å². The van der Waals surface area contributed by atoms with Crippen LogP contribution >= 0.6 is 0 Å². The van der Waals surface area contributed by atoms with Crippen molar-refractivity contribution in [3.05, 3.63) is 36.5 Å². The lowest BCUT2D eigenvalue weighted by Crippen LogP contribution is -3.00. The Bertz CT molecular complexity index is 1000. The van der Waals surface area contributed by atoms with Gasteiger partial charge in [0.1, 0.15) is 12.6 Å². The molecule has 304 valence electrons. The van der Waals surface area contributed by atoms with Crippen LogP contribution in [0.15, 0.2) is 36.5 Å². The highest BCUT2D eigenvalue weighted by Crippen LogP contribution is 2.24. The fourth-order valence-corrected chi connectivity index (χ4v) is 5.67. The molecule has 0 N–H and O–H groups in total. The van der Waals surface area contributed by atoms with E-state index in [0.29, 0.717) is 56.4 Å². The largest absolute Gasteiger partial charge is 1.00 e. The van der Waals surface area contributed by atoms with Crippen LogP contribution in [-0.2, 0) is 42.8 Å². The van der Waals surface area contributed by atoms with Crippen molar-refractivity contribution in [2.24, 2.45) is 0 Å². The van der Waals surface area contributed by atoms with Gasteiger partial charge >= 0.3 is 17.9 Å². The quantitative estimate of drug-likeness (QED) is 0.0288. The van der Waals surface area contributed by atoms with E-state index in [4.69, 9.17) is 28.4 Å². The zero-order chi connectivity index (χ0) is 38.3. The van der Waals surface area contributed by atoms with Crippen molar-refractivity contribution in [3.63, 3.8) is 0 Å². The number of likely N-dealkylation sites (N-methyl/N-ethyl adjacent to an activating group) is 1. The fraction of sp³-hybridized carbons (Fsp3) is 0.780. The van der Waals surface area contributed by atoms with E-state index in [1.54, 1.807) is 20.8 Å². The molecule has 0 saturated heterocycles. The number of hydrogen-bond acceptors (Lipinski definition) is 9. The second-order valence-electron chi connectivity index (χ2n) is 14.3. The van der Waals surface area contributed by atoms with Gasteiger partial charge in [0, 0.05) is 23.1 Å². The third kappa shape index (κ3) is 28.3. The zero-order valence-electron chi connectivity index (χ0n) is 33.7. The van der Waals surface area contributed by atoms with Gasteiger partial charge in [-0.05, 0) is 46.5 Å². The number of nitrogens with zero attached hydrogens (tertiary/aromatic N) is 1. The Kier molecular flexibility index (Phi) is 33.3. The summed E-state index contributed by atoms with van der Waals surface area (Å²) >= 11 is 0. The van der Waals surface area contributed by atoms with E-state index in [2.05, 4.69) is 40.8 Å². The average molecular weight is 760 g/mol. The number of quaternary nitrogens is 1. The minimum Gasteiger partial charge on any atom is -1.00 e. The maximum atomic E-state index is 12.8. The van der Waals surface area contributed by atoms with Crippen LogP contribution in [0.3, 0.4) is 0 Å². The van der Waals surface area contributed by atoms with Crippen molar-refractivity contribution >= 4 is 17.9 Å². The van der Waals surface area contributed by atoms with Crippen LogP contribution < -0.4 is 12.4 Å². The monoisotopic (exact) mass is 760 g/mol. The molecule has 2 atom stereocenters. The van der Waals surface area contributed by atoms with E-state index in [9.17, 15) is 14.4 Å². The molecule has 0 aromatic carbocycles. The molecule has 0 aromatic heterocycles. The van der Waals surface area contributed by atoms with E-state index in [1.807, 2.05) is 0 Å². The van der Waals surface area contributed by atoms with Gasteiger partial charge < -0.3 is 45.3 Å². The van der Waals surface area contributed by atoms with Gasteiger partial charge in [-0.3, -0.25) is 0 Å². The van der Waals surface area contributed by atoms with E-state index in [1.165, 1.54) is 44.9 Å². The molecular weight excluding hydrogens is 686 g/mol. The van der Waals surface area contributed by atoms with Crippen LogP contribution in [0.4, 0.5) is 0 Å². The summed E-state index contributed by atoms with van der Waals surface area (Å²) in [5.41, 5.74) is 1.18. The molecule has 0 aliphatic heterocycles. The summed E-state index contributed by atoms with van der Waals surface area (Å²) in [4.78, 5) is 35.7. The Morgan fingerprint density at radius 1 is 0.538 bits per heavy atom. The molecule has 0 radical (unpaired) electrons. The van der Waals surface area contributed by atoms with Gasteiger partial charge in [-0.1, -0.05) is 90.9 Å². The summed E-state index contributed by atoms with van der Waals surface area (Å²) in [7, 11) is 4.52. The van der Waals surface area contributed by atoms with Gasteiger partial charge in [-0.15, -0.1) is 0 Å². The molecule has 2 unspecified atom stereocenters. The summed E-state index contributed by atoms with van der Waals surface area (Å²) < 4.78 is 34.2. The highest BCUT2D eigenvalue weighted by Gasteiger charge is 2.38. The molecule has 0 aromatic rings. The van der Waals surface area contributed by atoms with E-state index >= 15 is 0 Å². The van der Waals surface area contributed by atoms with Crippen LogP contribution in [0, 0.1) is 0 Å². The SMILES string of the molecule is C=C(C)C(=O)OCCCCCCCCCCC(C(COCCOCCOCCOC(=O)C(=C)C)OC(=O)C(=C)C)[N+](C)(C)CCCCCCCC.[Cl-]. The molecule has 0 fully saturated rings. The van der Waals surface area contributed by atoms with Crippen molar-refractivity contribution in [2.45, 2.75) is 136 Å². The normalized spacial score (nSPS) is 12.3. The number of ether oxygens (including phenoxy) is 6. The van der Waals surface area contributed by atoms with Crippen LogP contribution in [0.1, 0.15) is 124 Å². The third-order valence-electron chi connectivity index (χ3n) is 8.83. The molecular formula is C41H74ClNO9. The summed E-state index contributed by atoms with van der Waals surface area (Å²) in [5, 5.41) is 0. The summed E-state index contributed by atoms with van der Waals surface area (Å²) in [6, 6.07) is 0.0825. The topological polar surface area (TPSA) is 107 Å². The molecule has 0 spiro atoms. The Morgan fingerprint density at radius 3 is 1.48 bits per heavy atom. The molecule has 0 heterocycles. The molecule has 0 rings (SSSR count). The first-order valence-electron chi connectivity index (χ1n) is 19.4. The summed E-state index contributed by atoms with van der Waals surface area (Å²) in [6.07, 6.45) is 16.7. The molecule has 52 heavy (non-hydrogen) atoms. The second kappa shape index (κ2) is 33.3. The molecule has 0 aliphatic rings. The third-order valence-corrected chi connectivity index (χ3v) is 8.83. The van der Waals surface area contributed by atoms with Crippen molar-refractivity contribution in [2.75, 3.05) is 73.5 Å². The number of carbonyl (C=O) groups excluding carboxylic acids is 3. The van der Waals surface area contributed by atoms with E-state index in [-0.39, 0.29) is 43.6 Å². The van der Waals surface area contributed by atoms with Crippen molar-refractivity contribution in [3.8, 4) is 0 Å². The first kappa shape index (κ1) is 51.9. The number of unbranched alkanes of at least 4 members (excludes halogenated alkanes) is 12. The van der Waals surface area contributed by atoms with Crippen LogP contribution in [-0.4, -0.2) is 108 Å². The first-order chi connectivity index (χ1) is 24.3. The predicted molar refractivity (Wildman–Crippen MR) is 204 cm³/mol. The van der Waals surface area contributed by atoms with Crippen molar-refractivity contribution in [1.82, 2.24) is 0 Å². The van der Waals surface area contributed by atoms with E-state index < -0.39 is 12.1 Å². The smallest absolute Gasteiger partial charge is 0.333 e. The molecule has 0 bridgehead atoms. The zero-order valence-corrected chi connectivity index (χ0v) is 34.5.